The van der Waals surface area contributed by atoms with E-state index < -0.39 is 17.7 Å². The van der Waals surface area contributed by atoms with E-state index in [0.29, 0.717) is 55.1 Å². The third kappa shape index (κ3) is 7.34. The van der Waals surface area contributed by atoms with Crippen molar-refractivity contribution in [2.75, 3.05) is 30.8 Å². The monoisotopic (exact) mass is 491 g/mol. The second-order valence-corrected chi connectivity index (χ2v) is 7.21. The van der Waals surface area contributed by atoms with Crippen molar-refractivity contribution in [2.24, 2.45) is 10.2 Å². The summed E-state index contributed by atoms with van der Waals surface area (Å²) in [6.45, 7) is 10.3. The van der Waals surface area contributed by atoms with Gasteiger partial charge in [-0.3, -0.25) is 9.59 Å². The Labute approximate surface area is 204 Å². The van der Waals surface area contributed by atoms with Crippen LogP contribution in [0.25, 0.3) is 0 Å². The van der Waals surface area contributed by atoms with Crippen LogP contribution in [-0.2, 0) is 9.59 Å². The number of anilines is 1. The van der Waals surface area contributed by atoms with Gasteiger partial charge in [-0.25, -0.2) is 4.42 Å². The molecule has 1 atom stereocenters. The maximum Gasteiger partial charge on any atom is 0.276 e. The Kier molecular flexibility index (Phi) is 10.6. The summed E-state index contributed by atoms with van der Waals surface area (Å²) in [4.78, 5) is 25.4. The number of ether oxygens (including phenoxy) is 4. The molecule has 0 spiro atoms. The van der Waals surface area contributed by atoms with E-state index in [1.807, 2.05) is 27.7 Å². The van der Waals surface area contributed by atoms with Gasteiger partial charge in [-0.2, -0.15) is 10.2 Å². The minimum Gasteiger partial charge on any atom is -0.494 e. The topological polar surface area (TPSA) is 99.0 Å². The van der Waals surface area contributed by atoms with Crippen molar-refractivity contribution in [3.63, 3.8) is 0 Å². The molecule has 184 valence electrons. The fourth-order valence-electron chi connectivity index (χ4n) is 2.94. The van der Waals surface area contributed by atoms with Crippen LogP contribution in [0.2, 0.25) is 0 Å². The molecule has 2 rings (SSSR count). The van der Waals surface area contributed by atoms with Crippen LogP contribution in [0.1, 0.15) is 34.6 Å². The summed E-state index contributed by atoms with van der Waals surface area (Å²) in [5.74, 6) is 0.643. The highest BCUT2D eigenvalue weighted by Gasteiger charge is 2.29. The maximum absolute atomic E-state index is 13.1. The molecule has 0 saturated heterocycles. The van der Waals surface area contributed by atoms with Crippen LogP contribution in [0.4, 0.5) is 11.4 Å². The zero-order valence-corrected chi connectivity index (χ0v) is 20.8. The van der Waals surface area contributed by atoms with Crippen molar-refractivity contribution < 1.29 is 28.5 Å². The van der Waals surface area contributed by atoms with E-state index >= 15 is 0 Å². The Balaban J connectivity index is 2.37. The molecule has 0 heterocycles. The summed E-state index contributed by atoms with van der Waals surface area (Å²) in [6, 6.07) is 8.42. The van der Waals surface area contributed by atoms with Gasteiger partial charge in [0, 0.05) is 36.0 Å². The predicted octanol–water partition coefficient (Wildman–Crippen LogP) is 5.51. The Bertz CT molecular complexity index is 990. The molecule has 0 radical (unpaired) electrons. The van der Waals surface area contributed by atoms with Crippen LogP contribution in [0.15, 0.2) is 46.6 Å². The highest BCUT2D eigenvalue weighted by Crippen LogP contribution is 2.33. The second kappa shape index (κ2) is 13.4. The minimum atomic E-state index is -1.46. The van der Waals surface area contributed by atoms with Gasteiger partial charge < -0.3 is 18.9 Å². The zero-order valence-electron chi connectivity index (χ0n) is 20.0. The fourth-order valence-corrected chi connectivity index (χ4v) is 3.13. The van der Waals surface area contributed by atoms with Crippen LogP contribution in [0, 0.1) is 0 Å². The Hall–Kier alpha value is -3.33. The first kappa shape index (κ1) is 26.9. The highest BCUT2D eigenvalue weighted by atomic mass is 35.5. The molecule has 2 aromatic rings. The van der Waals surface area contributed by atoms with Gasteiger partial charge in [-0.15, -0.1) is 0 Å². The van der Waals surface area contributed by atoms with Crippen LogP contribution >= 0.6 is 11.8 Å². The lowest BCUT2D eigenvalue weighted by Crippen LogP contribution is -2.36. The molecule has 0 saturated carbocycles. The largest absolute Gasteiger partial charge is 0.494 e. The molecular weight excluding hydrogens is 462 g/mol. The molecule has 0 aliphatic rings. The number of nitrogens with zero attached hydrogens (tertiary/aromatic N) is 3. The van der Waals surface area contributed by atoms with Gasteiger partial charge >= 0.3 is 0 Å². The molecule has 2 aromatic carbocycles. The molecule has 10 heteroatoms. The van der Waals surface area contributed by atoms with E-state index in [9.17, 15) is 9.59 Å². The predicted molar refractivity (Wildman–Crippen MR) is 130 cm³/mol. The summed E-state index contributed by atoms with van der Waals surface area (Å²) in [5.41, 5.74) is 0.598. The summed E-state index contributed by atoms with van der Waals surface area (Å²) >= 11 is 6.34. The van der Waals surface area contributed by atoms with Gasteiger partial charge in [0.25, 0.3) is 5.91 Å². The van der Waals surface area contributed by atoms with Crippen LogP contribution in [0.3, 0.4) is 0 Å². The SMILES string of the molecule is CCOc1cc(OCC)cc(N(Cl)C(=O)C(N=Nc2cc(OCC)ccc2OCC)C(C)=O)c1. The Morgan fingerprint density at radius 2 is 1.41 bits per heavy atom. The summed E-state index contributed by atoms with van der Waals surface area (Å²) in [6.07, 6.45) is 0. The van der Waals surface area contributed by atoms with E-state index in [1.165, 1.54) is 6.92 Å². The number of carbonyl (C=O) groups excluding carboxylic acids is 2. The van der Waals surface area contributed by atoms with E-state index in [1.54, 1.807) is 36.4 Å². The van der Waals surface area contributed by atoms with Gasteiger partial charge in [0.1, 0.15) is 28.7 Å². The van der Waals surface area contributed by atoms with Crippen LogP contribution in [0.5, 0.6) is 23.0 Å². The molecule has 0 N–H and O–H groups in total. The van der Waals surface area contributed by atoms with E-state index in [0.717, 1.165) is 4.42 Å². The lowest BCUT2D eigenvalue weighted by atomic mass is 10.2. The van der Waals surface area contributed by atoms with Gasteiger partial charge in [0.15, 0.2) is 5.78 Å². The van der Waals surface area contributed by atoms with Gasteiger partial charge in [-0.05, 0) is 46.8 Å². The number of azo groups is 1. The zero-order chi connectivity index (χ0) is 25.1. The fraction of sp³-hybridized carbons (Fsp3) is 0.417. The van der Waals surface area contributed by atoms with Gasteiger partial charge in [0.2, 0.25) is 6.04 Å². The molecule has 0 fully saturated rings. The van der Waals surface area contributed by atoms with Crippen molar-refractivity contribution in [3.05, 3.63) is 36.4 Å². The standard InChI is InChI=1S/C24H30ClN3O6/c1-6-31-18-10-11-22(34-9-4)21(15-18)26-27-23(16(5)29)24(30)28(25)17-12-19(32-7-2)14-20(13-17)33-8-3/h10-15,23H,6-9H2,1-5H3. The number of benzene rings is 2. The lowest BCUT2D eigenvalue weighted by molar-refractivity contribution is -0.126. The summed E-state index contributed by atoms with van der Waals surface area (Å²) in [5, 5.41) is 8.13. The molecule has 0 aromatic heterocycles. The molecule has 1 amide bonds. The number of amides is 1. The molecule has 34 heavy (non-hydrogen) atoms. The quantitative estimate of drug-likeness (QED) is 0.208. The van der Waals surface area contributed by atoms with Crippen molar-refractivity contribution in [1.29, 1.82) is 0 Å². The number of Topliss-reactive ketones (excluding diaryl/α,β-unsaturated/α-hetero) is 1. The number of ketones is 1. The second-order valence-electron chi connectivity index (χ2n) is 6.87. The lowest BCUT2D eigenvalue weighted by Gasteiger charge is -2.19. The number of halogens is 1. The third-order valence-corrected chi connectivity index (χ3v) is 4.71. The maximum atomic E-state index is 13.1. The van der Waals surface area contributed by atoms with E-state index in [2.05, 4.69) is 10.2 Å². The van der Waals surface area contributed by atoms with Crippen molar-refractivity contribution in [1.82, 2.24) is 0 Å². The molecule has 0 aliphatic heterocycles. The van der Waals surface area contributed by atoms with Crippen molar-refractivity contribution >= 4 is 34.8 Å². The number of rotatable bonds is 13. The van der Waals surface area contributed by atoms with E-state index in [-0.39, 0.29) is 5.69 Å². The number of hydrogen-bond donors (Lipinski definition) is 0. The summed E-state index contributed by atoms with van der Waals surface area (Å²) in [7, 11) is 0. The highest BCUT2D eigenvalue weighted by molar-refractivity contribution is 6.39. The van der Waals surface area contributed by atoms with Crippen LogP contribution < -0.4 is 23.4 Å². The third-order valence-electron chi connectivity index (χ3n) is 4.35. The first-order chi connectivity index (χ1) is 16.3. The normalized spacial score (nSPS) is 11.7. The molecule has 0 aliphatic carbocycles. The smallest absolute Gasteiger partial charge is 0.276 e. The average Bonchev–Trinajstić information content (AvgIpc) is 2.80. The first-order valence-corrected chi connectivity index (χ1v) is 11.4. The van der Waals surface area contributed by atoms with Gasteiger partial charge in [-0.1, -0.05) is 0 Å². The van der Waals surface area contributed by atoms with Crippen molar-refractivity contribution in [2.45, 2.75) is 40.7 Å². The van der Waals surface area contributed by atoms with Crippen LogP contribution in [-0.4, -0.2) is 44.2 Å². The van der Waals surface area contributed by atoms with E-state index in [4.69, 9.17) is 30.7 Å². The molecule has 1 unspecified atom stereocenters. The van der Waals surface area contributed by atoms with Crippen molar-refractivity contribution in [3.8, 4) is 23.0 Å². The number of hydrogen-bond acceptors (Lipinski definition) is 8. The Morgan fingerprint density at radius 3 is 1.94 bits per heavy atom. The minimum absolute atomic E-state index is 0.274. The molecule has 0 bridgehead atoms. The molecular formula is C24H30ClN3O6. The summed E-state index contributed by atoms with van der Waals surface area (Å²) < 4.78 is 22.9. The average molecular weight is 492 g/mol. The number of carbonyl (C=O) groups is 2. The van der Waals surface area contributed by atoms with Gasteiger partial charge in [0.05, 0.1) is 32.1 Å². The first-order valence-electron chi connectivity index (χ1n) is 11.1. The Morgan fingerprint density at radius 1 is 0.853 bits per heavy atom. The molecule has 9 nitrogen and oxygen atoms in total.